The number of rotatable bonds is 6. The van der Waals surface area contributed by atoms with Crippen LogP contribution in [0.5, 0.6) is 0 Å². The minimum atomic E-state index is -3.40. The summed E-state index contributed by atoms with van der Waals surface area (Å²) < 4.78 is 26.7. The normalized spacial score (nSPS) is 11.7. The molecule has 0 unspecified atom stereocenters. The van der Waals surface area contributed by atoms with Crippen LogP contribution < -0.4 is 10.0 Å². The molecule has 17 heavy (non-hydrogen) atoms. The van der Waals surface area contributed by atoms with Gasteiger partial charge in [0.2, 0.25) is 10.0 Å². The van der Waals surface area contributed by atoms with E-state index >= 15 is 0 Å². The molecule has 96 valence electrons. The molecule has 2 N–H and O–H groups in total. The fourth-order valence-electron chi connectivity index (χ4n) is 1.41. The van der Waals surface area contributed by atoms with Gasteiger partial charge in [0.05, 0.1) is 4.90 Å². The van der Waals surface area contributed by atoms with Crippen LogP contribution in [0.4, 0.5) is 0 Å². The monoisotopic (exact) mass is 320 g/mol. The van der Waals surface area contributed by atoms with E-state index < -0.39 is 10.0 Å². The predicted molar refractivity (Wildman–Crippen MR) is 72.4 cm³/mol. The molecule has 1 rings (SSSR count). The van der Waals surface area contributed by atoms with E-state index in [0.717, 1.165) is 18.7 Å². The molecule has 0 spiro atoms. The second-order valence-electron chi connectivity index (χ2n) is 3.55. The number of hydrogen-bond donors (Lipinski definition) is 2. The van der Waals surface area contributed by atoms with Crippen LogP contribution in [0.1, 0.15) is 19.4 Å². The average Bonchev–Trinajstić information content (AvgIpc) is 2.26. The summed E-state index contributed by atoms with van der Waals surface area (Å²) in [6.07, 6.45) is 0. The maximum Gasteiger partial charge on any atom is 0.241 e. The summed E-state index contributed by atoms with van der Waals surface area (Å²) in [6, 6.07) is 5.26. The highest BCUT2D eigenvalue weighted by Gasteiger charge is 2.16. The molecule has 0 aromatic heterocycles. The molecule has 0 bridgehead atoms. The maximum atomic E-state index is 11.8. The van der Waals surface area contributed by atoms with E-state index in [1.807, 2.05) is 19.1 Å². The van der Waals surface area contributed by atoms with Crippen molar-refractivity contribution in [1.82, 2.24) is 10.0 Å². The van der Waals surface area contributed by atoms with Crippen LogP contribution in [0.3, 0.4) is 0 Å². The van der Waals surface area contributed by atoms with Crippen molar-refractivity contribution < 1.29 is 8.42 Å². The molecule has 6 heteroatoms. The zero-order valence-corrected chi connectivity index (χ0v) is 12.4. The zero-order chi connectivity index (χ0) is 12.9. The molecule has 0 heterocycles. The molecule has 0 saturated carbocycles. The third kappa shape index (κ3) is 4.06. The van der Waals surface area contributed by atoms with Gasteiger partial charge in [-0.15, -0.1) is 0 Å². The van der Waals surface area contributed by atoms with Gasteiger partial charge in [-0.05, 0) is 40.2 Å². The lowest BCUT2D eigenvalue weighted by atomic mass is 10.2. The molecular weight excluding hydrogens is 304 g/mol. The molecule has 1 aromatic carbocycles. The van der Waals surface area contributed by atoms with Crippen LogP contribution in [0.15, 0.2) is 27.6 Å². The van der Waals surface area contributed by atoms with Crippen LogP contribution in [0.25, 0.3) is 0 Å². The van der Waals surface area contributed by atoms with E-state index in [1.54, 1.807) is 13.0 Å². The van der Waals surface area contributed by atoms with Gasteiger partial charge in [0.1, 0.15) is 0 Å². The lowest BCUT2D eigenvalue weighted by Gasteiger charge is -2.09. The first-order chi connectivity index (χ1) is 8.01. The second kappa shape index (κ2) is 6.49. The Morgan fingerprint density at radius 2 is 1.94 bits per heavy atom. The van der Waals surface area contributed by atoms with E-state index in [-0.39, 0.29) is 4.90 Å². The van der Waals surface area contributed by atoms with E-state index in [0.29, 0.717) is 11.0 Å². The standard InChI is InChI=1S/C11H17BrN2O2S/c1-3-13-8-9-5-6-11(10(12)7-9)17(15,16)14-4-2/h5-7,13-14H,3-4,8H2,1-2H3. The summed E-state index contributed by atoms with van der Waals surface area (Å²) in [4.78, 5) is 0.277. The van der Waals surface area contributed by atoms with Gasteiger partial charge in [0.15, 0.2) is 0 Å². The number of halogens is 1. The van der Waals surface area contributed by atoms with Gasteiger partial charge in [-0.3, -0.25) is 0 Å². The Labute approximate surface area is 111 Å². The predicted octanol–water partition coefficient (Wildman–Crippen LogP) is 1.86. The summed E-state index contributed by atoms with van der Waals surface area (Å²) in [5, 5.41) is 3.19. The number of hydrogen-bond acceptors (Lipinski definition) is 3. The Morgan fingerprint density at radius 3 is 2.47 bits per heavy atom. The van der Waals surface area contributed by atoms with E-state index in [1.165, 1.54) is 0 Å². The van der Waals surface area contributed by atoms with Crippen LogP contribution >= 0.6 is 15.9 Å². The Kier molecular flexibility index (Phi) is 5.58. The first-order valence-electron chi connectivity index (χ1n) is 5.50. The molecule has 0 radical (unpaired) electrons. The number of nitrogens with one attached hydrogen (secondary N) is 2. The fourth-order valence-corrected chi connectivity index (χ4v) is 3.57. The lowest BCUT2D eigenvalue weighted by Crippen LogP contribution is -2.23. The Bertz CT molecular complexity index is 474. The van der Waals surface area contributed by atoms with Crippen molar-refractivity contribution >= 4 is 26.0 Å². The van der Waals surface area contributed by atoms with Gasteiger partial charge in [-0.25, -0.2) is 13.1 Å². The number of sulfonamides is 1. The van der Waals surface area contributed by atoms with Crippen molar-refractivity contribution in [1.29, 1.82) is 0 Å². The van der Waals surface area contributed by atoms with Crippen LogP contribution in [0.2, 0.25) is 0 Å². The van der Waals surface area contributed by atoms with Crippen molar-refractivity contribution in [3.8, 4) is 0 Å². The topological polar surface area (TPSA) is 58.2 Å². The van der Waals surface area contributed by atoms with E-state index in [4.69, 9.17) is 0 Å². The van der Waals surface area contributed by atoms with Gasteiger partial charge >= 0.3 is 0 Å². The molecule has 0 fully saturated rings. The highest BCUT2D eigenvalue weighted by molar-refractivity contribution is 9.10. The highest BCUT2D eigenvalue weighted by Crippen LogP contribution is 2.23. The molecular formula is C11H17BrN2O2S. The quantitative estimate of drug-likeness (QED) is 0.841. The smallest absolute Gasteiger partial charge is 0.241 e. The number of benzene rings is 1. The van der Waals surface area contributed by atoms with Gasteiger partial charge in [-0.1, -0.05) is 19.9 Å². The summed E-state index contributed by atoms with van der Waals surface area (Å²) in [5.74, 6) is 0. The first-order valence-corrected chi connectivity index (χ1v) is 7.77. The maximum absolute atomic E-state index is 11.8. The molecule has 0 saturated heterocycles. The van der Waals surface area contributed by atoms with Crippen LogP contribution in [0, 0.1) is 0 Å². The molecule has 1 aromatic rings. The highest BCUT2D eigenvalue weighted by atomic mass is 79.9. The third-order valence-corrected chi connectivity index (χ3v) is 4.72. The Hall–Kier alpha value is -0.430. The molecule has 0 amide bonds. The van der Waals surface area contributed by atoms with Crippen molar-refractivity contribution in [3.63, 3.8) is 0 Å². The summed E-state index contributed by atoms with van der Waals surface area (Å²) in [5.41, 5.74) is 1.05. The van der Waals surface area contributed by atoms with Crippen molar-refractivity contribution in [2.75, 3.05) is 13.1 Å². The minimum Gasteiger partial charge on any atom is -0.313 e. The van der Waals surface area contributed by atoms with Crippen molar-refractivity contribution in [2.45, 2.75) is 25.3 Å². The molecule has 0 aliphatic heterocycles. The van der Waals surface area contributed by atoms with Crippen LogP contribution in [-0.4, -0.2) is 21.5 Å². The minimum absolute atomic E-state index is 0.277. The van der Waals surface area contributed by atoms with Gasteiger partial charge in [0.25, 0.3) is 0 Å². The Balaban J connectivity index is 2.97. The molecule has 0 atom stereocenters. The summed E-state index contributed by atoms with van der Waals surface area (Å²) in [6.45, 7) is 5.78. The first kappa shape index (κ1) is 14.6. The van der Waals surface area contributed by atoms with E-state index in [9.17, 15) is 8.42 Å². The fraction of sp³-hybridized carbons (Fsp3) is 0.455. The Morgan fingerprint density at radius 1 is 1.24 bits per heavy atom. The van der Waals surface area contributed by atoms with E-state index in [2.05, 4.69) is 26.0 Å². The third-order valence-electron chi connectivity index (χ3n) is 2.20. The van der Waals surface area contributed by atoms with Crippen molar-refractivity contribution in [3.05, 3.63) is 28.2 Å². The molecule has 0 aliphatic rings. The molecule has 0 aliphatic carbocycles. The summed E-state index contributed by atoms with van der Waals surface area (Å²) >= 11 is 3.30. The SMILES string of the molecule is CCNCc1ccc(S(=O)(=O)NCC)c(Br)c1. The molecule has 4 nitrogen and oxygen atoms in total. The second-order valence-corrected chi connectivity index (χ2v) is 6.14. The van der Waals surface area contributed by atoms with Crippen LogP contribution in [-0.2, 0) is 16.6 Å². The summed E-state index contributed by atoms with van der Waals surface area (Å²) in [7, 11) is -3.40. The lowest BCUT2D eigenvalue weighted by molar-refractivity contribution is 0.583. The van der Waals surface area contributed by atoms with Gasteiger partial charge in [-0.2, -0.15) is 0 Å². The van der Waals surface area contributed by atoms with Gasteiger partial charge in [0, 0.05) is 17.6 Å². The average molecular weight is 321 g/mol. The zero-order valence-electron chi connectivity index (χ0n) is 9.96. The largest absolute Gasteiger partial charge is 0.313 e. The van der Waals surface area contributed by atoms with Gasteiger partial charge < -0.3 is 5.32 Å². The van der Waals surface area contributed by atoms with Crippen molar-refractivity contribution in [2.24, 2.45) is 0 Å².